The lowest BCUT2D eigenvalue weighted by Gasteiger charge is -2.14. The predicted molar refractivity (Wildman–Crippen MR) is 58.8 cm³/mol. The fraction of sp³-hybridized carbons (Fsp3) is 0.545. The van der Waals surface area contributed by atoms with E-state index in [1.165, 1.54) is 0 Å². The van der Waals surface area contributed by atoms with E-state index in [-0.39, 0.29) is 18.6 Å². The van der Waals surface area contributed by atoms with E-state index in [1.807, 2.05) is 31.5 Å². The van der Waals surface area contributed by atoms with E-state index in [1.54, 1.807) is 6.07 Å². The maximum absolute atomic E-state index is 11.8. The Bertz CT molecular complexity index is 340. The number of nitrogens with one attached hydrogen (secondary N) is 1. The van der Waals surface area contributed by atoms with E-state index < -0.39 is 0 Å². The number of aromatic nitrogens is 1. The van der Waals surface area contributed by atoms with Crippen LogP contribution in [0.25, 0.3) is 0 Å². The molecule has 0 saturated carbocycles. The van der Waals surface area contributed by atoms with Gasteiger partial charge in [0, 0.05) is 12.7 Å². The average molecular weight is 210 g/mol. The summed E-state index contributed by atoms with van der Waals surface area (Å²) >= 11 is 0. The van der Waals surface area contributed by atoms with Crippen LogP contribution in [-0.4, -0.2) is 28.2 Å². The van der Waals surface area contributed by atoms with Crippen LogP contribution in [0.5, 0.6) is 0 Å². The minimum atomic E-state index is -0.160. The van der Waals surface area contributed by atoms with Crippen molar-refractivity contribution < 1.29 is 9.90 Å². The number of amides is 1. The SMILES string of the molecule is CC[C@@H](CO)NC(=O)c1ccc(C)n1C. The lowest BCUT2D eigenvalue weighted by molar-refractivity contribution is 0.0906. The van der Waals surface area contributed by atoms with Crippen molar-refractivity contribution in [3.05, 3.63) is 23.5 Å². The second kappa shape index (κ2) is 4.98. The van der Waals surface area contributed by atoms with Gasteiger partial charge in [0.1, 0.15) is 5.69 Å². The van der Waals surface area contributed by atoms with Gasteiger partial charge < -0.3 is 15.0 Å². The molecule has 1 heterocycles. The Morgan fingerprint density at radius 1 is 1.60 bits per heavy atom. The summed E-state index contributed by atoms with van der Waals surface area (Å²) in [5, 5.41) is 11.8. The number of hydrogen-bond acceptors (Lipinski definition) is 2. The topological polar surface area (TPSA) is 54.3 Å². The first kappa shape index (κ1) is 11.8. The zero-order valence-corrected chi connectivity index (χ0v) is 9.45. The van der Waals surface area contributed by atoms with Crippen LogP contribution in [0, 0.1) is 6.92 Å². The zero-order valence-electron chi connectivity index (χ0n) is 9.45. The first-order chi connectivity index (χ1) is 7.10. The highest BCUT2D eigenvalue weighted by Gasteiger charge is 2.14. The molecular weight excluding hydrogens is 192 g/mol. The molecule has 0 aliphatic heterocycles. The Morgan fingerprint density at radius 2 is 2.27 bits per heavy atom. The minimum Gasteiger partial charge on any atom is -0.394 e. The van der Waals surface area contributed by atoms with Gasteiger partial charge in [0.15, 0.2) is 0 Å². The van der Waals surface area contributed by atoms with Crippen molar-refractivity contribution in [3.8, 4) is 0 Å². The summed E-state index contributed by atoms with van der Waals surface area (Å²) in [4.78, 5) is 11.8. The largest absolute Gasteiger partial charge is 0.394 e. The average Bonchev–Trinajstić information content (AvgIpc) is 2.56. The van der Waals surface area contributed by atoms with Crippen LogP contribution >= 0.6 is 0 Å². The Morgan fingerprint density at radius 3 is 2.67 bits per heavy atom. The maximum atomic E-state index is 11.8. The summed E-state index contributed by atoms with van der Waals surface area (Å²) in [5.74, 6) is -0.133. The lowest BCUT2D eigenvalue weighted by Crippen LogP contribution is -2.37. The van der Waals surface area contributed by atoms with E-state index in [0.29, 0.717) is 5.69 Å². The summed E-state index contributed by atoms with van der Waals surface area (Å²) in [6, 6.07) is 3.52. The molecule has 1 aromatic rings. The standard InChI is InChI=1S/C11H18N2O2/c1-4-9(7-14)12-11(15)10-6-5-8(2)13(10)3/h5-6,9,14H,4,7H2,1-3H3,(H,12,15)/t9-/m0/s1. The van der Waals surface area contributed by atoms with Crippen molar-refractivity contribution in [2.75, 3.05) is 6.61 Å². The molecule has 2 N–H and O–H groups in total. The highest BCUT2D eigenvalue weighted by atomic mass is 16.3. The Kier molecular flexibility index (Phi) is 3.91. The fourth-order valence-electron chi connectivity index (χ4n) is 1.38. The molecule has 84 valence electrons. The molecule has 0 spiro atoms. The Hall–Kier alpha value is -1.29. The van der Waals surface area contributed by atoms with Gasteiger partial charge in [-0.2, -0.15) is 0 Å². The molecule has 15 heavy (non-hydrogen) atoms. The fourth-order valence-corrected chi connectivity index (χ4v) is 1.38. The summed E-state index contributed by atoms with van der Waals surface area (Å²) in [5.41, 5.74) is 1.66. The molecule has 0 fully saturated rings. The number of rotatable bonds is 4. The molecule has 0 bridgehead atoms. The van der Waals surface area contributed by atoms with E-state index >= 15 is 0 Å². The number of aryl methyl sites for hydroxylation is 1. The molecule has 1 atom stereocenters. The van der Waals surface area contributed by atoms with Crippen LogP contribution < -0.4 is 5.32 Å². The maximum Gasteiger partial charge on any atom is 0.268 e. The van der Waals surface area contributed by atoms with E-state index in [0.717, 1.165) is 12.1 Å². The predicted octanol–water partition coefficient (Wildman–Crippen LogP) is 0.834. The van der Waals surface area contributed by atoms with Crippen molar-refractivity contribution in [2.45, 2.75) is 26.3 Å². The highest BCUT2D eigenvalue weighted by Crippen LogP contribution is 2.06. The smallest absolute Gasteiger partial charge is 0.268 e. The molecule has 0 saturated heterocycles. The second-order valence-electron chi connectivity index (χ2n) is 3.68. The monoisotopic (exact) mass is 210 g/mol. The number of carbonyl (C=O) groups excluding carboxylic acids is 1. The van der Waals surface area contributed by atoms with Gasteiger partial charge in [-0.05, 0) is 25.5 Å². The van der Waals surface area contributed by atoms with Crippen LogP contribution in [0.15, 0.2) is 12.1 Å². The number of nitrogens with zero attached hydrogens (tertiary/aromatic N) is 1. The molecule has 0 aromatic carbocycles. The first-order valence-electron chi connectivity index (χ1n) is 5.14. The molecule has 0 aliphatic rings. The number of aliphatic hydroxyl groups excluding tert-OH is 1. The molecule has 1 aromatic heterocycles. The van der Waals surface area contributed by atoms with Crippen LogP contribution in [0.4, 0.5) is 0 Å². The number of hydrogen-bond donors (Lipinski definition) is 2. The third kappa shape index (κ3) is 2.59. The second-order valence-corrected chi connectivity index (χ2v) is 3.68. The molecule has 0 unspecified atom stereocenters. The Balaban J connectivity index is 2.73. The van der Waals surface area contributed by atoms with Gasteiger partial charge >= 0.3 is 0 Å². The lowest BCUT2D eigenvalue weighted by atomic mass is 10.2. The van der Waals surface area contributed by atoms with Crippen LogP contribution in [0.3, 0.4) is 0 Å². The van der Waals surface area contributed by atoms with Gasteiger partial charge in [-0.1, -0.05) is 6.92 Å². The number of carbonyl (C=O) groups is 1. The molecule has 0 radical (unpaired) electrons. The third-order valence-corrected chi connectivity index (χ3v) is 2.65. The third-order valence-electron chi connectivity index (χ3n) is 2.65. The van der Waals surface area contributed by atoms with E-state index in [9.17, 15) is 4.79 Å². The molecular formula is C11H18N2O2. The van der Waals surface area contributed by atoms with Crippen LogP contribution in [0.1, 0.15) is 29.5 Å². The summed E-state index contributed by atoms with van der Waals surface area (Å²) in [6.07, 6.45) is 0.728. The van der Waals surface area contributed by atoms with Crippen LogP contribution in [0.2, 0.25) is 0 Å². The van der Waals surface area contributed by atoms with Crippen molar-refractivity contribution >= 4 is 5.91 Å². The molecule has 0 aliphatic carbocycles. The van der Waals surface area contributed by atoms with Crippen molar-refractivity contribution in [2.24, 2.45) is 7.05 Å². The van der Waals surface area contributed by atoms with Gasteiger partial charge in [-0.25, -0.2) is 0 Å². The van der Waals surface area contributed by atoms with Gasteiger partial charge in [-0.15, -0.1) is 0 Å². The molecule has 1 rings (SSSR count). The van der Waals surface area contributed by atoms with Gasteiger partial charge in [0.25, 0.3) is 5.91 Å². The molecule has 1 amide bonds. The van der Waals surface area contributed by atoms with Crippen molar-refractivity contribution in [3.63, 3.8) is 0 Å². The van der Waals surface area contributed by atoms with Crippen molar-refractivity contribution in [1.82, 2.24) is 9.88 Å². The minimum absolute atomic E-state index is 0.0222. The summed E-state index contributed by atoms with van der Waals surface area (Å²) in [6.45, 7) is 3.85. The normalized spacial score (nSPS) is 12.5. The molecule has 4 heteroatoms. The zero-order chi connectivity index (χ0) is 11.4. The van der Waals surface area contributed by atoms with Crippen molar-refractivity contribution in [1.29, 1.82) is 0 Å². The summed E-state index contributed by atoms with van der Waals surface area (Å²) in [7, 11) is 1.85. The van der Waals surface area contributed by atoms with Gasteiger partial charge in [0.2, 0.25) is 0 Å². The Labute approximate surface area is 89.9 Å². The van der Waals surface area contributed by atoms with Crippen LogP contribution in [-0.2, 0) is 7.05 Å². The first-order valence-corrected chi connectivity index (χ1v) is 5.14. The van der Waals surface area contributed by atoms with E-state index in [2.05, 4.69) is 5.32 Å². The van der Waals surface area contributed by atoms with Gasteiger partial charge in [0.05, 0.1) is 12.6 Å². The quantitative estimate of drug-likeness (QED) is 0.773. The molecule has 4 nitrogen and oxygen atoms in total. The van der Waals surface area contributed by atoms with E-state index in [4.69, 9.17) is 5.11 Å². The summed E-state index contributed by atoms with van der Waals surface area (Å²) < 4.78 is 1.83. The highest BCUT2D eigenvalue weighted by molar-refractivity contribution is 5.93. The van der Waals surface area contributed by atoms with Gasteiger partial charge in [-0.3, -0.25) is 4.79 Å². The number of aliphatic hydroxyl groups is 1.